The van der Waals surface area contributed by atoms with Gasteiger partial charge >= 0.3 is 0 Å². The monoisotopic (exact) mass is 314 g/mol. The van der Waals surface area contributed by atoms with Gasteiger partial charge < -0.3 is 5.11 Å². The molecule has 0 aliphatic rings. The minimum absolute atomic E-state index is 0.0140. The van der Waals surface area contributed by atoms with Crippen LogP contribution in [0, 0.1) is 24.1 Å². The normalized spacial score (nSPS) is 10.9. The molecule has 1 N–H and O–H groups in total. The van der Waals surface area contributed by atoms with Gasteiger partial charge in [0, 0.05) is 12.1 Å². The second kappa shape index (κ2) is 6.83. The standard InChI is InChI=1S/C16H15FN4O2/c1-3-8-21-15(22)11(9-18)10(2)14(16(21)23)20-19-13-7-5-4-6-12(13)17/h4-7,22H,3,8H2,1-2H3. The molecule has 0 fully saturated rings. The van der Waals surface area contributed by atoms with Crippen molar-refractivity contribution in [1.82, 2.24) is 4.57 Å². The van der Waals surface area contributed by atoms with Gasteiger partial charge in [-0.1, -0.05) is 19.1 Å². The molecule has 2 rings (SSSR count). The Morgan fingerprint density at radius 1 is 1.35 bits per heavy atom. The molecule has 0 saturated heterocycles. The van der Waals surface area contributed by atoms with E-state index < -0.39 is 11.4 Å². The number of rotatable bonds is 4. The number of aromatic hydroxyl groups is 1. The topological polar surface area (TPSA) is 90.7 Å². The molecule has 2 aromatic rings. The molecule has 0 amide bonds. The van der Waals surface area contributed by atoms with Gasteiger partial charge in [-0.05, 0) is 25.5 Å². The fraction of sp³-hybridized carbons (Fsp3) is 0.250. The van der Waals surface area contributed by atoms with E-state index in [4.69, 9.17) is 0 Å². The third kappa shape index (κ3) is 3.11. The summed E-state index contributed by atoms with van der Waals surface area (Å²) in [4.78, 5) is 12.4. The molecule has 0 radical (unpaired) electrons. The Morgan fingerprint density at radius 3 is 2.65 bits per heavy atom. The predicted molar refractivity (Wildman–Crippen MR) is 82.7 cm³/mol. The Morgan fingerprint density at radius 2 is 2.04 bits per heavy atom. The number of nitriles is 1. The summed E-state index contributed by atoms with van der Waals surface area (Å²) in [5.74, 6) is -0.955. The highest BCUT2D eigenvalue weighted by Crippen LogP contribution is 2.27. The van der Waals surface area contributed by atoms with E-state index in [1.54, 1.807) is 6.07 Å². The van der Waals surface area contributed by atoms with Crippen LogP contribution in [0.25, 0.3) is 0 Å². The van der Waals surface area contributed by atoms with Crippen LogP contribution in [-0.4, -0.2) is 9.67 Å². The molecule has 1 aromatic carbocycles. The van der Waals surface area contributed by atoms with Crippen molar-refractivity contribution < 1.29 is 9.50 Å². The molecular formula is C16H15FN4O2. The first-order valence-electron chi connectivity index (χ1n) is 7.04. The van der Waals surface area contributed by atoms with E-state index in [2.05, 4.69) is 10.2 Å². The molecule has 0 spiro atoms. The molecule has 0 aliphatic carbocycles. The van der Waals surface area contributed by atoms with Gasteiger partial charge in [-0.25, -0.2) is 4.39 Å². The van der Waals surface area contributed by atoms with E-state index >= 15 is 0 Å². The Hall–Kier alpha value is -3.01. The van der Waals surface area contributed by atoms with Crippen LogP contribution in [0.15, 0.2) is 39.3 Å². The van der Waals surface area contributed by atoms with Crippen molar-refractivity contribution in [2.45, 2.75) is 26.8 Å². The maximum absolute atomic E-state index is 13.6. The Bertz CT molecular complexity index is 866. The van der Waals surface area contributed by atoms with E-state index in [-0.39, 0.29) is 34.9 Å². The Kier molecular flexibility index (Phi) is 4.86. The van der Waals surface area contributed by atoms with Crippen LogP contribution in [-0.2, 0) is 6.54 Å². The first-order chi connectivity index (χ1) is 11.0. The molecule has 7 heteroatoms. The molecule has 1 heterocycles. The van der Waals surface area contributed by atoms with Gasteiger partial charge in [0.05, 0.1) is 0 Å². The van der Waals surface area contributed by atoms with Gasteiger partial charge in [0.15, 0.2) is 11.5 Å². The van der Waals surface area contributed by atoms with Gasteiger partial charge in [-0.3, -0.25) is 9.36 Å². The molecule has 0 atom stereocenters. The van der Waals surface area contributed by atoms with Gasteiger partial charge in [0.2, 0.25) is 5.88 Å². The fourth-order valence-corrected chi connectivity index (χ4v) is 2.12. The molecule has 118 valence electrons. The van der Waals surface area contributed by atoms with Crippen molar-refractivity contribution in [2.75, 3.05) is 0 Å². The summed E-state index contributed by atoms with van der Waals surface area (Å²) >= 11 is 0. The summed E-state index contributed by atoms with van der Waals surface area (Å²) in [7, 11) is 0. The molecule has 0 saturated carbocycles. The van der Waals surface area contributed by atoms with Crippen molar-refractivity contribution in [3.8, 4) is 11.9 Å². The van der Waals surface area contributed by atoms with Crippen LogP contribution in [0.5, 0.6) is 5.88 Å². The summed E-state index contributed by atoms with van der Waals surface area (Å²) in [5, 5.41) is 26.8. The Labute approximate surface area is 132 Å². The smallest absolute Gasteiger partial charge is 0.281 e. The lowest BCUT2D eigenvalue weighted by Crippen LogP contribution is -2.21. The third-order valence-electron chi connectivity index (χ3n) is 3.33. The zero-order chi connectivity index (χ0) is 17.0. The molecule has 0 unspecified atom stereocenters. The zero-order valence-electron chi connectivity index (χ0n) is 12.7. The number of benzene rings is 1. The van der Waals surface area contributed by atoms with Crippen molar-refractivity contribution in [2.24, 2.45) is 10.2 Å². The first-order valence-corrected chi connectivity index (χ1v) is 7.04. The summed E-state index contributed by atoms with van der Waals surface area (Å²) < 4.78 is 14.6. The van der Waals surface area contributed by atoms with Crippen molar-refractivity contribution in [1.29, 1.82) is 5.26 Å². The van der Waals surface area contributed by atoms with Gasteiger partial charge in [0.25, 0.3) is 5.56 Å². The second-order valence-corrected chi connectivity index (χ2v) is 4.89. The van der Waals surface area contributed by atoms with Gasteiger partial charge in [-0.2, -0.15) is 5.26 Å². The van der Waals surface area contributed by atoms with Crippen molar-refractivity contribution in [3.63, 3.8) is 0 Å². The minimum atomic E-state index is -0.569. The minimum Gasteiger partial charge on any atom is -0.493 e. The number of nitrogens with zero attached hydrogens (tertiary/aromatic N) is 4. The zero-order valence-corrected chi connectivity index (χ0v) is 12.7. The molecule has 1 aromatic heterocycles. The Balaban J connectivity index is 2.63. The number of halogens is 1. The highest BCUT2D eigenvalue weighted by atomic mass is 19.1. The SMILES string of the molecule is CCCn1c(O)c(C#N)c(C)c(N=Nc2ccccc2F)c1=O. The predicted octanol–water partition coefficient (Wildman–Crippen LogP) is 3.70. The number of aromatic nitrogens is 1. The average Bonchev–Trinajstić information content (AvgIpc) is 2.53. The fourth-order valence-electron chi connectivity index (χ4n) is 2.12. The van der Waals surface area contributed by atoms with Crippen LogP contribution < -0.4 is 5.56 Å². The molecule has 0 aliphatic heterocycles. The first kappa shape index (κ1) is 16.4. The van der Waals surface area contributed by atoms with Crippen LogP contribution >= 0.6 is 0 Å². The quantitative estimate of drug-likeness (QED) is 0.872. The number of pyridine rings is 1. The number of hydrogen-bond acceptors (Lipinski definition) is 5. The summed E-state index contributed by atoms with van der Waals surface area (Å²) in [5.41, 5.74) is -0.500. The summed E-state index contributed by atoms with van der Waals surface area (Å²) in [6, 6.07) is 7.62. The lowest BCUT2D eigenvalue weighted by atomic mass is 10.1. The van der Waals surface area contributed by atoms with E-state index in [0.717, 1.165) is 4.57 Å². The van der Waals surface area contributed by atoms with Crippen LogP contribution in [0.1, 0.15) is 24.5 Å². The van der Waals surface area contributed by atoms with E-state index in [1.165, 1.54) is 25.1 Å². The lowest BCUT2D eigenvalue weighted by molar-refractivity contribution is 0.402. The van der Waals surface area contributed by atoms with Gasteiger partial charge in [0.1, 0.15) is 17.3 Å². The second-order valence-electron chi connectivity index (χ2n) is 4.89. The number of azo groups is 1. The van der Waals surface area contributed by atoms with Gasteiger partial charge in [-0.15, -0.1) is 10.2 Å². The van der Waals surface area contributed by atoms with Crippen molar-refractivity contribution >= 4 is 11.4 Å². The average molecular weight is 314 g/mol. The van der Waals surface area contributed by atoms with E-state index in [0.29, 0.717) is 6.42 Å². The highest BCUT2D eigenvalue weighted by molar-refractivity contribution is 5.56. The largest absolute Gasteiger partial charge is 0.493 e. The molecule has 23 heavy (non-hydrogen) atoms. The molecule has 6 nitrogen and oxygen atoms in total. The van der Waals surface area contributed by atoms with Crippen LogP contribution in [0.3, 0.4) is 0 Å². The van der Waals surface area contributed by atoms with Crippen LogP contribution in [0.2, 0.25) is 0 Å². The summed E-state index contributed by atoms with van der Waals surface area (Å²) in [6.45, 7) is 3.56. The maximum Gasteiger partial charge on any atom is 0.281 e. The lowest BCUT2D eigenvalue weighted by Gasteiger charge is -2.11. The van der Waals surface area contributed by atoms with E-state index in [9.17, 15) is 19.6 Å². The molecule has 0 bridgehead atoms. The maximum atomic E-state index is 13.6. The van der Waals surface area contributed by atoms with Crippen LogP contribution in [0.4, 0.5) is 15.8 Å². The van der Waals surface area contributed by atoms with Crippen molar-refractivity contribution in [3.05, 3.63) is 51.6 Å². The van der Waals surface area contributed by atoms with E-state index in [1.807, 2.05) is 13.0 Å². The summed E-state index contributed by atoms with van der Waals surface area (Å²) in [6.07, 6.45) is 0.589. The highest BCUT2D eigenvalue weighted by Gasteiger charge is 2.18. The third-order valence-corrected chi connectivity index (χ3v) is 3.33. The number of hydrogen-bond donors (Lipinski definition) is 1. The molecular weight excluding hydrogens is 299 g/mol.